The fraction of sp³-hybridized carbons (Fsp3) is 0.375. The van der Waals surface area contributed by atoms with Gasteiger partial charge in [-0.15, -0.1) is 11.3 Å². The molecule has 3 heterocycles. The van der Waals surface area contributed by atoms with E-state index in [1.54, 1.807) is 23.7 Å². The molecule has 1 fully saturated rings. The largest absolute Gasteiger partial charge is 0.356 e. The van der Waals surface area contributed by atoms with Gasteiger partial charge in [-0.1, -0.05) is 30.3 Å². The number of nitrogens with zero attached hydrogens (tertiary/aromatic N) is 3. The summed E-state index contributed by atoms with van der Waals surface area (Å²) in [5, 5.41) is 6.35. The predicted molar refractivity (Wildman–Crippen MR) is 121 cm³/mol. The molecule has 0 aliphatic carbocycles. The lowest BCUT2D eigenvalue weighted by molar-refractivity contribution is -0.126. The van der Waals surface area contributed by atoms with Gasteiger partial charge in [0, 0.05) is 49.4 Å². The molecule has 5 nitrogen and oxygen atoms in total. The SMILES string of the molecule is O=C(NCCCc1nc(-c2ccncc2)cs1)C1CCCN(Cc2ccccc2)C1. The van der Waals surface area contributed by atoms with Crippen molar-refractivity contribution in [3.8, 4) is 11.3 Å². The second kappa shape index (κ2) is 10.5. The average molecular weight is 421 g/mol. The monoisotopic (exact) mass is 420 g/mol. The van der Waals surface area contributed by atoms with E-state index < -0.39 is 0 Å². The highest BCUT2D eigenvalue weighted by Gasteiger charge is 2.25. The third-order valence-corrected chi connectivity index (χ3v) is 6.43. The summed E-state index contributed by atoms with van der Waals surface area (Å²) in [5.41, 5.74) is 3.41. The number of amides is 1. The van der Waals surface area contributed by atoms with Crippen molar-refractivity contribution in [3.63, 3.8) is 0 Å². The van der Waals surface area contributed by atoms with E-state index in [0.717, 1.165) is 61.6 Å². The maximum Gasteiger partial charge on any atom is 0.224 e. The Kier molecular flexibility index (Phi) is 7.21. The van der Waals surface area contributed by atoms with Crippen LogP contribution in [-0.2, 0) is 17.8 Å². The Bertz CT molecular complexity index is 929. The number of hydrogen-bond donors (Lipinski definition) is 1. The summed E-state index contributed by atoms with van der Waals surface area (Å²) in [6.45, 7) is 3.55. The van der Waals surface area contributed by atoms with Crippen molar-refractivity contribution in [2.45, 2.75) is 32.2 Å². The molecule has 2 aromatic heterocycles. The highest BCUT2D eigenvalue weighted by Crippen LogP contribution is 2.22. The Hall–Kier alpha value is -2.57. The summed E-state index contributed by atoms with van der Waals surface area (Å²) in [6.07, 6.45) is 7.45. The second-order valence-electron chi connectivity index (χ2n) is 7.82. The quantitative estimate of drug-likeness (QED) is 0.556. The van der Waals surface area contributed by atoms with Crippen LogP contribution in [0.4, 0.5) is 0 Å². The number of benzene rings is 1. The van der Waals surface area contributed by atoms with Crippen LogP contribution in [0.2, 0.25) is 0 Å². The van der Waals surface area contributed by atoms with E-state index in [0.29, 0.717) is 6.54 Å². The van der Waals surface area contributed by atoms with Gasteiger partial charge in [0.05, 0.1) is 16.6 Å². The lowest BCUT2D eigenvalue weighted by Crippen LogP contribution is -2.42. The Morgan fingerprint density at radius 3 is 2.83 bits per heavy atom. The maximum absolute atomic E-state index is 12.6. The number of thiazole rings is 1. The number of rotatable bonds is 8. The number of piperidine rings is 1. The topological polar surface area (TPSA) is 58.1 Å². The van der Waals surface area contributed by atoms with Gasteiger partial charge in [-0.2, -0.15) is 0 Å². The molecule has 4 rings (SSSR count). The summed E-state index contributed by atoms with van der Waals surface area (Å²) in [6, 6.07) is 14.5. The molecule has 1 aliphatic rings. The van der Waals surface area contributed by atoms with E-state index in [9.17, 15) is 4.79 Å². The van der Waals surface area contributed by atoms with Gasteiger partial charge in [0.1, 0.15) is 0 Å². The molecule has 30 heavy (non-hydrogen) atoms. The Morgan fingerprint density at radius 2 is 2.00 bits per heavy atom. The molecule has 1 aliphatic heterocycles. The predicted octanol–water partition coefficient (Wildman–Crippen LogP) is 4.17. The minimum atomic E-state index is 0.0978. The fourth-order valence-electron chi connectivity index (χ4n) is 3.93. The molecule has 1 amide bonds. The number of nitrogens with one attached hydrogen (secondary N) is 1. The smallest absolute Gasteiger partial charge is 0.224 e. The number of hydrogen-bond acceptors (Lipinski definition) is 5. The summed E-state index contributed by atoms with van der Waals surface area (Å²) < 4.78 is 0. The van der Waals surface area contributed by atoms with Crippen LogP contribution in [0, 0.1) is 5.92 Å². The van der Waals surface area contributed by atoms with Crippen LogP contribution in [0.3, 0.4) is 0 Å². The summed E-state index contributed by atoms with van der Waals surface area (Å²) in [7, 11) is 0. The number of aryl methyl sites for hydroxylation is 1. The van der Waals surface area contributed by atoms with Gasteiger partial charge >= 0.3 is 0 Å². The van der Waals surface area contributed by atoms with Crippen molar-refractivity contribution in [1.82, 2.24) is 20.2 Å². The first kappa shape index (κ1) is 20.7. The number of aromatic nitrogens is 2. The molecular formula is C24H28N4OS. The zero-order chi connectivity index (χ0) is 20.6. The minimum absolute atomic E-state index is 0.0978. The van der Waals surface area contributed by atoms with Gasteiger partial charge < -0.3 is 5.32 Å². The molecule has 6 heteroatoms. The van der Waals surface area contributed by atoms with Crippen LogP contribution >= 0.6 is 11.3 Å². The Labute approximate surface area is 182 Å². The first-order valence-electron chi connectivity index (χ1n) is 10.7. The highest BCUT2D eigenvalue weighted by molar-refractivity contribution is 7.09. The third-order valence-electron chi connectivity index (χ3n) is 5.52. The molecule has 0 saturated carbocycles. The molecule has 1 atom stereocenters. The van der Waals surface area contributed by atoms with E-state index in [-0.39, 0.29) is 11.8 Å². The molecule has 1 N–H and O–H groups in total. The van der Waals surface area contributed by atoms with Crippen LogP contribution in [0.1, 0.15) is 29.8 Å². The number of carbonyl (C=O) groups excluding carboxylic acids is 1. The second-order valence-corrected chi connectivity index (χ2v) is 8.76. The fourth-order valence-corrected chi connectivity index (χ4v) is 4.78. The van der Waals surface area contributed by atoms with Crippen LogP contribution in [0.15, 0.2) is 60.2 Å². The highest BCUT2D eigenvalue weighted by atomic mass is 32.1. The molecule has 0 radical (unpaired) electrons. The van der Waals surface area contributed by atoms with Gasteiger partial charge in [-0.3, -0.25) is 14.7 Å². The van der Waals surface area contributed by atoms with Crippen molar-refractivity contribution in [2.75, 3.05) is 19.6 Å². The van der Waals surface area contributed by atoms with E-state index in [1.165, 1.54) is 5.56 Å². The van der Waals surface area contributed by atoms with E-state index in [2.05, 4.69) is 44.8 Å². The van der Waals surface area contributed by atoms with Crippen molar-refractivity contribution in [1.29, 1.82) is 0 Å². The van der Waals surface area contributed by atoms with E-state index in [1.807, 2.05) is 18.2 Å². The van der Waals surface area contributed by atoms with Crippen LogP contribution in [0.25, 0.3) is 11.3 Å². The Morgan fingerprint density at radius 1 is 1.17 bits per heavy atom. The van der Waals surface area contributed by atoms with Crippen molar-refractivity contribution in [2.24, 2.45) is 5.92 Å². The van der Waals surface area contributed by atoms with Gasteiger partial charge in [0.2, 0.25) is 5.91 Å². The number of carbonyl (C=O) groups is 1. The van der Waals surface area contributed by atoms with Crippen molar-refractivity contribution in [3.05, 3.63) is 70.8 Å². The van der Waals surface area contributed by atoms with Gasteiger partial charge in [0.15, 0.2) is 0 Å². The molecule has 0 spiro atoms. The number of likely N-dealkylation sites (tertiary alicyclic amines) is 1. The molecule has 156 valence electrons. The first-order chi connectivity index (χ1) is 14.8. The normalized spacial score (nSPS) is 17.0. The lowest BCUT2D eigenvalue weighted by Gasteiger charge is -2.32. The zero-order valence-corrected chi connectivity index (χ0v) is 18.0. The van der Waals surface area contributed by atoms with Gasteiger partial charge in [-0.25, -0.2) is 4.98 Å². The standard InChI is InChI=1S/C24H28N4OS/c29-24(21-8-5-15-28(17-21)16-19-6-2-1-3-7-19)26-12-4-9-23-27-22(18-30-23)20-10-13-25-14-11-20/h1-3,6-7,10-11,13-14,18,21H,4-5,8-9,12,15-17H2,(H,26,29). The molecule has 1 aromatic carbocycles. The average Bonchev–Trinajstić information content (AvgIpc) is 3.27. The van der Waals surface area contributed by atoms with Crippen LogP contribution < -0.4 is 5.32 Å². The maximum atomic E-state index is 12.6. The molecular weight excluding hydrogens is 392 g/mol. The van der Waals surface area contributed by atoms with Crippen LogP contribution in [-0.4, -0.2) is 40.4 Å². The molecule has 1 saturated heterocycles. The van der Waals surface area contributed by atoms with E-state index >= 15 is 0 Å². The zero-order valence-electron chi connectivity index (χ0n) is 17.2. The van der Waals surface area contributed by atoms with Gasteiger partial charge in [-0.05, 0) is 43.5 Å². The Balaban J connectivity index is 1.19. The van der Waals surface area contributed by atoms with Crippen molar-refractivity contribution < 1.29 is 4.79 Å². The summed E-state index contributed by atoms with van der Waals surface area (Å²) in [4.78, 5) is 23.8. The minimum Gasteiger partial charge on any atom is -0.356 e. The molecule has 3 aromatic rings. The molecule has 1 unspecified atom stereocenters. The summed E-state index contributed by atoms with van der Waals surface area (Å²) in [5.74, 6) is 0.296. The summed E-state index contributed by atoms with van der Waals surface area (Å²) >= 11 is 1.68. The van der Waals surface area contributed by atoms with Crippen molar-refractivity contribution >= 4 is 17.2 Å². The third kappa shape index (κ3) is 5.74. The molecule has 0 bridgehead atoms. The number of pyridine rings is 1. The lowest BCUT2D eigenvalue weighted by atomic mass is 9.96. The first-order valence-corrected chi connectivity index (χ1v) is 11.5. The van der Waals surface area contributed by atoms with Gasteiger partial charge in [0.25, 0.3) is 0 Å². The van der Waals surface area contributed by atoms with E-state index in [4.69, 9.17) is 4.98 Å². The van der Waals surface area contributed by atoms with Crippen LogP contribution in [0.5, 0.6) is 0 Å².